The number of ether oxygens (including phenoxy) is 1. The van der Waals surface area contributed by atoms with Crippen molar-refractivity contribution < 1.29 is 18.7 Å². The lowest BCUT2D eigenvalue weighted by Crippen LogP contribution is -2.41. The predicted octanol–water partition coefficient (Wildman–Crippen LogP) is 2.18. The number of likely N-dealkylation sites (tertiary alicyclic amines) is 1. The van der Waals surface area contributed by atoms with Gasteiger partial charge in [0.1, 0.15) is 5.82 Å². The van der Waals surface area contributed by atoms with Crippen molar-refractivity contribution in [1.29, 1.82) is 0 Å². The number of rotatable bonds is 6. The van der Waals surface area contributed by atoms with E-state index in [4.69, 9.17) is 10.5 Å². The number of benzene rings is 1. The summed E-state index contributed by atoms with van der Waals surface area (Å²) in [5.74, 6) is -1.22. The Hall–Kier alpha value is -1.70. The molecule has 8 heteroatoms. The van der Waals surface area contributed by atoms with Gasteiger partial charge in [0.2, 0.25) is 5.91 Å². The highest BCUT2D eigenvalue weighted by Crippen LogP contribution is 2.20. The van der Waals surface area contributed by atoms with E-state index in [0.717, 1.165) is 19.3 Å². The first-order valence-corrected chi connectivity index (χ1v) is 8.19. The van der Waals surface area contributed by atoms with E-state index in [9.17, 15) is 14.0 Å². The number of carbonyl (C=O) groups is 2. The summed E-state index contributed by atoms with van der Waals surface area (Å²) in [7, 11) is 0. The van der Waals surface area contributed by atoms with Crippen LogP contribution in [0.1, 0.15) is 36.5 Å². The zero-order chi connectivity index (χ0) is 17.5. The molecule has 2 amide bonds. The minimum Gasteiger partial charge on any atom is -0.378 e. The van der Waals surface area contributed by atoms with Gasteiger partial charge in [-0.2, -0.15) is 0 Å². The van der Waals surface area contributed by atoms with Crippen LogP contribution in [0.25, 0.3) is 0 Å². The minimum atomic E-state index is -0.588. The summed E-state index contributed by atoms with van der Waals surface area (Å²) in [6, 6.07) is 4.01. The van der Waals surface area contributed by atoms with Crippen LogP contribution in [0.15, 0.2) is 18.2 Å². The number of anilines is 1. The van der Waals surface area contributed by atoms with E-state index in [0.29, 0.717) is 31.9 Å². The van der Waals surface area contributed by atoms with Gasteiger partial charge in [0, 0.05) is 32.3 Å². The van der Waals surface area contributed by atoms with Gasteiger partial charge < -0.3 is 20.7 Å². The zero-order valence-electron chi connectivity index (χ0n) is 14.3. The molecule has 0 aromatic heterocycles. The summed E-state index contributed by atoms with van der Waals surface area (Å²) >= 11 is 0. The van der Waals surface area contributed by atoms with Crippen LogP contribution in [0.2, 0.25) is 0 Å². The Morgan fingerprint density at radius 1 is 1.36 bits per heavy atom. The molecular weight excluding hydrogens is 349 g/mol. The Balaban J connectivity index is 0.00000312. The van der Waals surface area contributed by atoms with Crippen LogP contribution >= 0.6 is 12.4 Å². The smallest absolute Gasteiger partial charge is 0.256 e. The maximum atomic E-state index is 14.0. The molecule has 0 atom stereocenters. The third-order valence-electron chi connectivity index (χ3n) is 3.95. The van der Waals surface area contributed by atoms with Crippen molar-refractivity contribution in [2.75, 3.05) is 31.6 Å². The van der Waals surface area contributed by atoms with Crippen molar-refractivity contribution in [3.8, 4) is 0 Å². The SMILES string of the molecule is CC(=O)Nc1ccc(F)c(C(=O)N2CCC(OCCCN)CC2)c1.Cl. The summed E-state index contributed by atoms with van der Waals surface area (Å²) in [5, 5.41) is 2.56. The van der Waals surface area contributed by atoms with Gasteiger partial charge in [-0.15, -0.1) is 12.4 Å². The third kappa shape index (κ3) is 6.26. The van der Waals surface area contributed by atoms with Gasteiger partial charge >= 0.3 is 0 Å². The topological polar surface area (TPSA) is 84.7 Å². The molecule has 6 nitrogen and oxygen atoms in total. The number of amides is 2. The number of nitrogens with one attached hydrogen (secondary N) is 1. The zero-order valence-corrected chi connectivity index (χ0v) is 15.1. The molecule has 0 aliphatic carbocycles. The molecule has 0 saturated carbocycles. The molecule has 1 aromatic carbocycles. The average molecular weight is 374 g/mol. The van der Waals surface area contributed by atoms with Crippen molar-refractivity contribution >= 4 is 29.9 Å². The number of carbonyl (C=O) groups excluding carboxylic acids is 2. The van der Waals surface area contributed by atoms with Gasteiger partial charge in [-0.25, -0.2) is 4.39 Å². The Kier molecular flexibility index (Phi) is 8.82. The molecule has 1 aliphatic heterocycles. The van der Waals surface area contributed by atoms with Crippen LogP contribution in [-0.2, 0) is 9.53 Å². The molecule has 1 aliphatic rings. The molecule has 0 radical (unpaired) electrons. The Labute approximate surface area is 153 Å². The minimum absolute atomic E-state index is 0. The number of nitrogens with two attached hydrogens (primary N) is 1. The molecule has 1 fully saturated rings. The maximum Gasteiger partial charge on any atom is 0.256 e. The number of hydrogen-bond acceptors (Lipinski definition) is 4. The fraction of sp³-hybridized carbons (Fsp3) is 0.529. The van der Waals surface area contributed by atoms with E-state index >= 15 is 0 Å². The monoisotopic (exact) mass is 373 g/mol. The van der Waals surface area contributed by atoms with Crippen LogP contribution in [0, 0.1) is 5.82 Å². The van der Waals surface area contributed by atoms with Crippen LogP contribution < -0.4 is 11.1 Å². The largest absolute Gasteiger partial charge is 0.378 e. The fourth-order valence-corrected chi connectivity index (χ4v) is 2.70. The first kappa shape index (κ1) is 21.3. The van der Waals surface area contributed by atoms with E-state index in [1.54, 1.807) is 4.90 Å². The Bertz CT molecular complexity index is 593. The molecule has 0 bridgehead atoms. The van der Waals surface area contributed by atoms with E-state index in [1.807, 2.05) is 0 Å². The summed E-state index contributed by atoms with van der Waals surface area (Å²) in [5.41, 5.74) is 5.82. The van der Waals surface area contributed by atoms with Gasteiger partial charge in [0.15, 0.2) is 0 Å². The van der Waals surface area contributed by atoms with Crippen molar-refractivity contribution in [3.63, 3.8) is 0 Å². The Morgan fingerprint density at radius 3 is 2.64 bits per heavy atom. The van der Waals surface area contributed by atoms with E-state index in [2.05, 4.69) is 5.32 Å². The second kappa shape index (κ2) is 10.3. The molecule has 1 heterocycles. The van der Waals surface area contributed by atoms with Gasteiger partial charge in [-0.05, 0) is 44.0 Å². The van der Waals surface area contributed by atoms with Gasteiger partial charge in [0.05, 0.1) is 11.7 Å². The molecule has 2 rings (SSSR count). The van der Waals surface area contributed by atoms with Crippen LogP contribution in [0.3, 0.4) is 0 Å². The highest BCUT2D eigenvalue weighted by Gasteiger charge is 2.25. The molecule has 0 unspecified atom stereocenters. The highest BCUT2D eigenvalue weighted by molar-refractivity contribution is 5.97. The van der Waals surface area contributed by atoms with E-state index in [1.165, 1.54) is 25.1 Å². The maximum absolute atomic E-state index is 14.0. The number of piperidine rings is 1. The second-order valence-electron chi connectivity index (χ2n) is 5.88. The molecule has 0 spiro atoms. The van der Waals surface area contributed by atoms with Gasteiger partial charge in [0.25, 0.3) is 5.91 Å². The summed E-state index contributed by atoms with van der Waals surface area (Å²) in [6.45, 7) is 3.63. The lowest BCUT2D eigenvalue weighted by atomic mass is 10.1. The lowest BCUT2D eigenvalue weighted by Gasteiger charge is -2.32. The quantitative estimate of drug-likeness (QED) is 0.748. The number of hydrogen-bond donors (Lipinski definition) is 2. The van der Waals surface area contributed by atoms with Crippen LogP contribution in [0.4, 0.5) is 10.1 Å². The second-order valence-corrected chi connectivity index (χ2v) is 5.88. The summed E-state index contributed by atoms with van der Waals surface area (Å²) in [6.07, 6.45) is 2.39. The number of nitrogens with zero attached hydrogens (tertiary/aromatic N) is 1. The first-order valence-electron chi connectivity index (χ1n) is 8.19. The average Bonchev–Trinajstić information content (AvgIpc) is 2.56. The fourth-order valence-electron chi connectivity index (χ4n) is 2.70. The van der Waals surface area contributed by atoms with Crippen LogP contribution in [-0.4, -0.2) is 49.1 Å². The predicted molar refractivity (Wildman–Crippen MR) is 96.5 cm³/mol. The standard InChI is InChI=1S/C17H24FN3O3.ClH/c1-12(22)20-13-3-4-16(18)15(11-13)17(23)21-8-5-14(6-9-21)24-10-2-7-19;/h3-4,11,14H,2,5-10,19H2,1H3,(H,20,22);1H. The third-order valence-corrected chi connectivity index (χ3v) is 3.95. The van der Waals surface area contributed by atoms with Gasteiger partial charge in [-0.1, -0.05) is 0 Å². The normalized spacial score (nSPS) is 14.8. The molecule has 25 heavy (non-hydrogen) atoms. The highest BCUT2D eigenvalue weighted by atomic mass is 35.5. The van der Waals surface area contributed by atoms with E-state index in [-0.39, 0.29) is 35.9 Å². The van der Waals surface area contributed by atoms with Crippen LogP contribution in [0.5, 0.6) is 0 Å². The Morgan fingerprint density at radius 2 is 2.04 bits per heavy atom. The molecule has 3 N–H and O–H groups in total. The molecular formula is C17H25ClFN3O3. The van der Waals surface area contributed by atoms with Crippen molar-refractivity contribution in [2.45, 2.75) is 32.3 Å². The van der Waals surface area contributed by atoms with Crippen molar-refractivity contribution in [1.82, 2.24) is 4.90 Å². The summed E-state index contributed by atoms with van der Waals surface area (Å²) < 4.78 is 19.7. The van der Waals surface area contributed by atoms with Crippen molar-refractivity contribution in [3.05, 3.63) is 29.6 Å². The summed E-state index contributed by atoms with van der Waals surface area (Å²) in [4.78, 5) is 25.3. The molecule has 1 aromatic rings. The first-order chi connectivity index (χ1) is 11.5. The lowest BCUT2D eigenvalue weighted by molar-refractivity contribution is -0.114. The molecule has 1 saturated heterocycles. The van der Waals surface area contributed by atoms with Crippen molar-refractivity contribution in [2.24, 2.45) is 5.73 Å². The van der Waals surface area contributed by atoms with Gasteiger partial charge in [-0.3, -0.25) is 9.59 Å². The number of halogens is 2. The van der Waals surface area contributed by atoms with E-state index < -0.39 is 5.82 Å². The molecule has 140 valence electrons.